The molecule has 1 aromatic heterocycles. The number of pyridine rings is 1. The van der Waals surface area contributed by atoms with Gasteiger partial charge in [-0.05, 0) is 35.7 Å². The number of aromatic nitrogens is 1. The lowest BCUT2D eigenvalue weighted by molar-refractivity contribution is 0.0263. The number of thioether (sulfide) groups is 1. The number of hydrogen-bond acceptors (Lipinski definition) is 4. The lowest BCUT2D eigenvalue weighted by Gasteiger charge is -2.47. The van der Waals surface area contributed by atoms with Crippen molar-refractivity contribution in [1.82, 2.24) is 9.88 Å². The largest absolute Gasteiger partial charge is 0.373 e. The summed E-state index contributed by atoms with van der Waals surface area (Å²) in [4.78, 5) is 6.56. The number of ether oxygens (including phenoxy) is 1. The molecule has 0 bridgehead atoms. The molecule has 126 valence electrons. The van der Waals surface area contributed by atoms with Gasteiger partial charge in [-0.1, -0.05) is 18.2 Å². The maximum atomic E-state index is 13.0. The number of rotatable bonds is 5. The molecule has 0 radical (unpaired) electrons. The maximum Gasteiger partial charge on any atom is 0.123 e. The van der Waals surface area contributed by atoms with E-state index in [-0.39, 0.29) is 5.82 Å². The number of hydrogen-bond donors (Lipinski definition) is 0. The van der Waals surface area contributed by atoms with Crippen LogP contribution >= 0.6 is 11.8 Å². The van der Waals surface area contributed by atoms with Crippen LogP contribution in [-0.2, 0) is 17.9 Å². The summed E-state index contributed by atoms with van der Waals surface area (Å²) in [7, 11) is 0. The Morgan fingerprint density at radius 1 is 1.21 bits per heavy atom. The van der Waals surface area contributed by atoms with Gasteiger partial charge in [-0.25, -0.2) is 4.39 Å². The molecule has 3 heterocycles. The molecule has 24 heavy (non-hydrogen) atoms. The van der Waals surface area contributed by atoms with Crippen LogP contribution < -0.4 is 0 Å². The van der Waals surface area contributed by atoms with Gasteiger partial charge in [0.05, 0.1) is 12.7 Å². The smallest absolute Gasteiger partial charge is 0.123 e. The van der Waals surface area contributed by atoms with Crippen LogP contribution in [0.1, 0.15) is 17.5 Å². The normalized spacial score (nSPS) is 22.6. The van der Waals surface area contributed by atoms with Gasteiger partial charge in [0.1, 0.15) is 5.82 Å². The number of nitrogens with zero attached hydrogens (tertiary/aromatic N) is 2. The highest BCUT2D eigenvalue weighted by Gasteiger charge is 2.49. The zero-order chi connectivity index (χ0) is 16.4. The molecule has 2 saturated heterocycles. The Morgan fingerprint density at radius 3 is 2.79 bits per heavy atom. The van der Waals surface area contributed by atoms with Gasteiger partial charge in [0.15, 0.2) is 0 Å². The second-order valence-electron chi connectivity index (χ2n) is 6.76. The number of likely N-dealkylation sites (tertiary alicyclic amines) is 1. The van der Waals surface area contributed by atoms with E-state index in [4.69, 9.17) is 4.74 Å². The molecule has 3 nitrogen and oxygen atoms in total. The van der Waals surface area contributed by atoms with Crippen molar-refractivity contribution in [3.8, 4) is 0 Å². The summed E-state index contributed by atoms with van der Waals surface area (Å²) in [5.41, 5.74) is 2.31. The zero-order valence-corrected chi connectivity index (χ0v) is 14.3. The molecular formula is C19H21FN2OS. The van der Waals surface area contributed by atoms with Crippen LogP contribution in [0.5, 0.6) is 0 Å². The van der Waals surface area contributed by atoms with E-state index in [0.717, 1.165) is 37.4 Å². The molecule has 2 aliphatic heterocycles. The van der Waals surface area contributed by atoms with Crippen LogP contribution in [0.2, 0.25) is 0 Å². The van der Waals surface area contributed by atoms with Crippen LogP contribution in [0.15, 0.2) is 48.8 Å². The topological polar surface area (TPSA) is 25.4 Å². The van der Waals surface area contributed by atoms with E-state index in [0.29, 0.717) is 17.5 Å². The fraction of sp³-hybridized carbons (Fsp3) is 0.421. The van der Waals surface area contributed by atoms with E-state index in [1.54, 1.807) is 6.20 Å². The second-order valence-corrected chi connectivity index (χ2v) is 8.25. The quantitative estimate of drug-likeness (QED) is 0.829. The van der Waals surface area contributed by atoms with Crippen molar-refractivity contribution in [1.29, 1.82) is 0 Å². The van der Waals surface area contributed by atoms with Gasteiger partial charge >= 0.3 is 0 Å². The first-order valence-electron chi connectivity index (χ1n) is 8.32. The van der Waals surface area contributed by atoms with Crippen molar-refractivity contribution in [2.24, 2.45) is 0 Å². The molecule has 2 aromatic rings. The van der Waals surface area contributed by atoms with Gasteiger partial charge in [-0.2, -0.15) is 0 Å². The Kier molecular flexibility index (Phi) is 4.57. The Hall–Kier alpha value is -1.43. The van der Waals surface area contributed by atoms with E-state index >= 15 is 0 Å². The Bertz CT molecular complexity index is 674. The third-order valence-electron chi connectivity index (χ3n) is 4.73. The highest BCUT2D eigenvalue weighted by Crippen LogP contribution is 2.46. The Morgan fingerprint density at radius 2 is 2.04 bits per heavy atom. The molecule has 1 atom stereocenters. The van der Waals surface area contributed by atoms with Crippen LogP contribution in [0.4, 0.5) is 4.39 Å². The monoisotopic (exact) mass is 344 g/mol. The third kappa shape index (κ3) is 3.63. The van der Waals surface area contributed by atoms with Crippen molar-refractivity contribution in [2.75, 3.05) is 18.8 Å². The molecule has 0 saturated carbocycles. The summed E-state index contributed by atoms with van der Waals surface area (Å²) in [6.07, 6.45) is 5.11. The first-order valence-corrected chi connectivity index (χ1v) is 9.31. The van der Waals surface area contributed by atoms with E-state index in [1.807, 2.05) is 36.2 Å². The average molecular weight is 344 g/mol. The summed E-state index contributed by atoms with van der Waals surface area (Å²) in [6, 6.07) is 10.8. The molecular weight excluding hydrogens is 323 g/mol. The SMILES string of the molecule is Fc1ccc(CN2CC3(C[C@@H](OCc4cccnc4)CS3)C2)cc1. The molecule has 0 N–H and O–H groups in total. The minimum Gasteiger partial charge on any atom is -0.373 e. The molecule has 4 rings (SSSR count). The van der Waals surface area contributed by atoms with Gasteiger partial charge in [0.25, 0.3) is 0 Å². The minimum atomic E-state index is -0.168. The zero-order valence-electron chi connectivity index (χ0n) is 13.5. The van der Waals surface area contributed by atoms with Gasteiger partial charge < -0.3 is 4.74 Å². The standard InChI is InChI=1S/C19H21FN2OS/c20-17-5-3-15(4-6-17)10-22-13-19(14-22)8-18(12-24-19)23-11-16-2-1-7-21-9-16/h1-7,9,18H,8,10-14H2/t18-/m1/s1. The summed E-state index contributed by atoms with van der Waals surface area (Å²) in [5.74, 6) is 0.906. The summed E-state index contributed by atoms with van der Waals surface area (Å²) >= 11 is 2.05. The second kappa shape index (κ2) is 6.82. The van der Waals surface area contributed by atoms with Crippen LogP contribution in [0.25, 0.3) is 0 Å². The average Bonchev–Trinajstić information content (AvgIpc) is 3.00. The lowest BCUT2D eigenvalue weighted by Crippen LogP contribution is -2.58. The van der Waals surface area contributed by atoms with Crippen molar-refractivity contribution in [3.63, 3.8) is 0 Å². The van der Waals surface area contributed by atoms with Crippen molar-refractivity contribution < 1.29 is 9.13 Å². The molecule has 0 aliphatic carbocycles. The van der Waals surface area contributed by atoms with Crippen LogP contribution in [0.3, 0.4) is 0 Å². The molecule has 1 aromatic carbocycles. The third-order valence-corrected chi connectivity index (χ3v) is 6.30. The van der Waals surface area contributed by atoms with Gasteiger partial charge in [0.2, 0.25) is 0 Å². The fourth-order valence-electron chi connectivity index (χ4n) is 3.56. The van der Waals surface area contributed by atoms with Gasteiger partial charge in [0, 0.05) is 42.5 Å². The highest BCUT2D eigenvalue weighted by molar-refractivity contribution is 8.01. The van der Waals surface area contributed by atoms with Crippen molar-refractivity contribution in [3.05, 3.63) is 65.7 Å². The minimum absolute atomic E-state index is 0.168. The molecule has 2 aliphatic rings. The summed E-state index contributed by atoms with van der Waals surface area (Å²) < 4.78 is 19.4. The number of benzene rings is 1. The van der Waals surface area contributed by atoms with Crippen LogP contribution in [0, 0.1) is 5.82 Å². The molecule has 1 spiro atoms. The number of halogens is 1. The van der Waals surface area contributed by atoms with E-state index in [9.17, 15) is 4.39 Å². The van der Waals surface area contributed by atoms with E-state index in [2.05, 4.69) is 16.0 Å². The maximum absolute atomic E-state index is 13.0. The van der Waals surface area contributed by atoms with Crippen molar-refractivity contribution in [2.45, 2.75) is 30.4 Å². The summed E-state index contributed by atoms with van der Waals surface area (Å²) in [6.45, 7) is 3.75. The lowest BCUT2D eigenvalue weighted by atomic mass is 9.92. The Labute approximate surface area is 146 Å². The molecule has 0 unspecified atom stereocenters. The van der Waals surface area contributed by atoms with Crippen LogP contribution in [-0.4, -0.2) is 39.6 Å². The first-order chi connectivity index (χ1) is 11.7. The van der Waals surface area contributed by atoms with E-state index < -0.39 is 0 Å². The molecule has 0 amide bonds. The van der Waals surface area contributed by atoms with Gasteiger partial charge in [-0.15, -0.1) is 11.8 Å². The fourth-order valence-corrected chi connectivity index (χ4v) is 5.16. The predicted molar refractivity (Wildman–Crippen MR) is 94.3 cm³/mol. The molecule has 2 fully saturated rings. The first kappa shape index (κ1) is 16.1. The predicted octanol–water partition coefficient (Wildman–Crippen LogP) is 3.50. The highest BCUT2D eigenvalue weighted by atomic mass is 32.2. The summed E-state index contributed by atoms with van der Waals surface area (Å²) in [5, 5.41) is 0. The Balaban J connectivity index is 1.23. The molecule has 5 heteroatoms. The van der Waals surface area contributed by atoms with Gasteiger partial charge in [-0.3, -0.25) is 9.88 Å². The van der Waals surface area contributed by atoms with Crippen molar-refractivity contribution >= 4 is 11.8 Å². The van der Waals surface area contributed by atoms with E-state index in [1.165, 1.54) is 17.7 Å².